The Morgan fingerprint density at radius 2 is 1.71 bits per heavy atom. The first-order valence-electron chi connectivity index (χ1n) is 11.9. The molecule has 1 aliphatic carbocycles. The van der Waals surface area contributed by atoms with Crippen molar-refractivity contribution in [1.29, 1.82) is 0 Å². The van der Waals surface area contributed by atoms with Gasteiger partial charge < -0.3 is 14.8 Å². The number of hydrogen-bond acceptors (Lipinski definition) is 1. The Morgan fingerprint density at radius 1 is 0.882 bits per heavy atom. The highest BCUT2D eigenvalue weighted by molar-refractivity contribution is 6.30. The van der Waals surface area contributed by atoms with Gasteiger partial charge >= 0.3 is 6.03 Å². The Kier molecular flexibility index (Phi) is 5.39. The smallest absolute Gasteiger partial charge is 0.318 e. The Labute approximate surface area is 204 Å². The van der Waals surface area contributed by atoms with E-state index in [1.54, 1.807) is 0 Å². The van der Waals surface area contributed by atoms with E-state index >= 15 is 0 Å². The summed E-state index contributed by atoms with van der Waals surface area (Å²) < 4.78 is 2.19. The average molecular weight is 468 g/mol. The van der Waals surface area contributed by atoms with Gasteiger partial charge in [0.05, 0.1) is 18.3 Å². The summed E-state index contributed by atoms with van der Waals surface area (Å²) in [6.07, 6.45) is 6.53. The third-order valence-corrected chi connectivity index (χ3v) is 7.26. The molecule has 1 atom stereocenters. The van der Waals surface area contributed by atoms with E-state index < -0.39 is 0 Å². The van der Waals surface area contributed by atoms with Crippen LogP contribution in [-0.2, 0) is 19.4 Å². The van der Waals surface area contributed by atoms with Crippen LogP contribution >= 0.6 is 11.6 Å². The number of amides is 2. The number of nitrogens with one attached hydrogen (secondary N) is 1. The van der Waals surface area contributed by atoms with Gasteiger partial charge in [-0.2, -0.15) is 0 Å². The van der Waals surface area contributed by atoms with Gasteiger partial charge in [0.25, 0.3) is 0 Å². The number of hydrogen-bond donors (Lipinski definition) is 1. The summed E-state index contributed by atoms with van der Waals surface area (Å²) in [6, 6.07) is 26.2. The van der Waals surface area contributed by atoms with Crippen molar-refractivity contribution in [3.63, 3.8) is 0 Å². The maximum atomic E-state index is 14.0. The molecule has 3 aromatic carbocycles. The topological polar surface area (TPSA) is 37.3 Å². The molecular formula is C29H26ClN3O. The highest BCUT2D eigenvalue weighted by Crippen LogP contribution is 2.38. The Morgan fingerprint density at radius 3 is 2.62 bits per heavy atom. The van der Waals surface area contributed by atoms with Crippen molar-refractivity contribution >= 4 is 23.3 Å². The van der Waals surface area contributed by atoms with Crippen LogP contribution in [0.25, 0.3) is 5.69 Å². The lowest BCUT2D eigenvalue weighted by molar-refractivity contribution is 0.194. The van der Waals surface area contributed by atoms with Crippen LogP contribution in [0.1, 0.15) is 46.8 Å². The number of para-hydroxylation sites is 1. The van der Waals surface area contributed by atoms with Gasteiger partial charge in [-0.05, 0) is 84.3 Å². The summed E-state index contributed by atoms with van der Waals surface area (Å²) in [5.74, 6) is 0. The number of carbonyl (C=O) groups is 1. The molecule has 0 saturated heterocycles. The predicted molar refractivity (Wildman–Crippen MR) is 137 cm³/mol. The highest BCUT2D eigenvalue weighted by Gasteiger charge is 2.33. The second-order valence-electron chi connectivity index (χ2n) is 9.10. The van der Waals surface area contributed by atoms with Crippen LogP contribution in [0.4, 0.5) is 10.5 Å². The van der Waals surface area contributed by atoms with E-state index in [2.05, 4.69) is 52.5 Å². The van der Waals surface area contributed by atoms with Crippen LogP contribution in [0, 0.1) is 0 Å². The first-order chi connectivity index (χ1) is 16.7. The third-order valence-electron chi connectivity index (χ3n) is 7.03. The third kappa shape index (κ3) is 3.68. The monoisotopic (exact) mass is 467 g/mol. The fourth-order valence-electron chi connectivity index (χ4n) is 5.45. The number of aromatic nitrogens is 1. The van der Waals surface area contributed by atoms with Crippen LogP contribution < -0.4 is 5.32 Å². The fourth-order valence-corrected chi connectivity index (χ4v) is 5.65. The molecule has 1 unspecified atom stereocenters. The van der Waals surface area contributed by atoms with Crippen LogP contribution in [0.15, 0.2) is 85.1 Å². The van der Waals surface area contributed by atoms with Gasteiger partial charge in [0.1, 0.15) is 0 Å². The number of aryl methyl sites for hydroxylation is 1. The lowest BCUT2D eigenvalue weighted by atomic mass is 9.90. The second-order valence-corrected chi connectivity index (χ2v) is 9.53. The Balaban J connectivity index is 1.46. The maximum Gasteiger partial charge on any atom is 0.322 e. The first-order valence-corrected chi connectivity index (χ1v) is 12.3. The van der Waals surface area contributed by atoms with Crippen LogP contribution in [0.3, 0.4) is 0 Å². The van der Waals surface area contributed by atoms with Gasteiger partial charge in [0.15, 0.2) is 0 Å². The van der Waals surface area contributed by atoms with E-state index in [1.165, 1.54) is 17.5 Å². The molecule has 6 rings (SSSR count). The van der Waals surface area contributed by atoms with Gasteiger partial charge in [0.2, 0.25) is 0 Å². The summed E-state index contributed by atoms with van der Waals surface area (Å²) in [4.78, 5) is 15.9. The van der Waals surface area contributed by atoms with Gasteiger partial charge in [-0.15, -0.1) is 0 Å². The first kappa shape index (κ1) is 21.1. The van der Waals surface area contributed by atoms with Crippen molar-refractivity contribution in [2.24, 2.45) is 0 Å². The van der Waals surface area contributed by atoms with Crippen molar-refractivity contribution < 1.29 is 4.79 Å². The zero-order chi connectivity index (χ0) is 23.1. The summed E-state index contributed by atoms with van der Waals surface area (Å²) >= 11 is 6.41. The quantitative estimate of drug-likeness (QED) is 0.334. The highest BCUT2D eigenvalue weighted by atomic mass is 35.5. The summed E-state index contributed by atoms with van der Waals surface area (Å²) in [7, 11) is 0. The molecule has 4 nitrogen and oxygen atoms in total. The molecule has 2 heterocycles. The largest absolute Gasteiger partial charge is 0.322 e. The minimum Gasteiger partial charge on any atom is -0.318 e. The van der Waals surface area contributed by atoms with E-state index in [9.17, 15) is 4.79 Å². The van der Waals surface area contributed by atoms with Crippen molar-refractivity contribution in [3.05, 3.63) is 118 Å². The van der Waals surface area contributed by atoms with Crippen molar-refractivity contribution in [2.45, 2.75) is 38.3 Å². The molecule has 1 aromatic heterocycles. The maximum absolute atomic E-state index is 14.0. The molecule has 170 valence electrons. The predicted octanol–water partition coefficient (Wildman–Crippen LogP) is 7.15. The molecule has 0 radical (unpaired) electrons. The molecule has 0 spiro atoms. The van der Waals surface area contributed by atoms with Crippen LogP contribution in [-0.4, -0.2) is 15.5 Å². The molecule has 34 heavy (non-hydrogen) atoms. The number of urea groups is 1. The summed E-state index contributed by atoms with van der Waals surface area (Å²) in [6.45, 7) is 0.496. The molecule has 4 aromatic rings. The Hall–Kier alpha value is -3.50. The Bertz CT molecular complexity index is 1380. The van der Waals surface area contributed by atoms with Crippen LogP contribution in [0.5, 0.6) is 0 Å². The molecular weight excluding hydrogens is 442 g/mol. The number of fused-ring (bicyclic) bond motifs is 4. The standard InChI is InChI=1S/C29H26ClN3O/c30-23-12-5-11-21(18-23)28-27-16-7-17-32(27)26-15-4-2-9-22(26)19-33(28)29(34)31-25-14-6-10-20-8-1-3-13-24(20)25/h2,4-7,9-12,14-18,28H,1,3,8,13,19H2,(H,31,34). The SMILES string of the molecule is O=C(Nc1cccc2c1CCCC2)N1Cc2ccccc2-n2cccc2C1c1cccc(Cl)c1. The molecule has 5 heteroatoms. The molecule has 1 aliphatic heterocycles. The van der Waals surface area contributed by atoms with E-state index in [0.717, 1.165) is 47.5 Å². The van der Waals surface area contributed by atoms with Crippen LogP contribution in [0.2, 0.25) is 5.02 Å². The number of nitrogens with zero attached hydrogens (tertiary/aromatic N) is 2. The van der Waals surface area contributed by atoms with Gasteiger partial charge in [-0.25, -0.2) is 4.79 Å². The zero-order valence-corrected chi connectivity index (χ0v) is 19.6. The van der Waals surface area contributed by atoms with E-state index in [-0.39, 0.29) is 12.1 Å². The van der Waals surface area contributed by atoms with Crippen molar-refractivity contribution in [2.75, 3.05) is 5.32 Å². The lowest BCUT2D eigenvalue weighted by Crippen LogP contribution is -2.38. The number of halogens is 1. The van der Waals surface area contributed by atoms with Gasteiger partial charge in [-0.1, -0.05) is 54.1 Å². The molecule has 2 aliphatic rings. The fraction of sp³-hybridized carbons (Fsp3) is 0.207. The molecule has 0 fully saturated rings. The number of anilines is 1. The minimum absolute atomic E-state index is 0.103. The van der Waals surface area contributed by atoms with E-state index in [1.807, 2.05) is 47.4 Å². The van der Waals surface area contributed by atoms with E-state index in [0.29, 0.717) is 11.6 Å². The average Bonchev–Trinajstić information content (AvgIpc) is 3.28. The molecule has 0 saturated carbocycles. The molecule has 0 bridgehead atoms. The summed E-state index contributed by atoms with van der Waals surface area (Å²) in [5.41, 5.74) is 7.80. The lowest BCUT2D eigenvalue weighted by Gasteiger charge is -2.31. The normalized spacial score (nSPS) is 16.7. The van der Waals surface area contributed by atoms with E-state index in [4.69, 9.17) is 11.6 Å². The zero-order valence-electron chi connectivity index (χ0n) is 18.9. The number of carbonyl (C=O) groups excluding carboxylic acids is 1. The number of rotatable bonds is 2. The van der Waals surface area contributed by atoms with Gasteiger partial charge in [-0.3, -0.25) is 0 Å². The van der Waals surface area contributed by atoms with Gasteiger partial charge in [0, 0.05) is 22.6 Å². The summed E-state index contributed by atoms with van der Waals surface area (Å²) in [5, 5.41) is 3.94. The minimum atomic E-state index is -0.277. The second kappa shape index (κ2) is 8.69. The molecule has 1 N–H and O–H groups in total. The van der Waals surface area contributed by atoms with Crippen molar-refractivity contribution in [1.82, 2.24) is 9.47 Å². The molecule has 2 amide bonds. The van der Waals surface area contributed by atoms with Crippen molar-refractivity contribution in [3.8, 4) is 5.69 Å². The number of benzene rings is 3.